The number of anilines is 1. The molecule has 0 aliphatic rings. The van der Waals surface area contributed by atoms with E-state index in [0.29, 0.717) is 11.6 Å². The van der Waals surface area contributed by atoms with Crippen LogP contribution in [0.3, 0.4) is 0 Å². The van der Waals surface area contributed by atoms with Crippen LogP contribution in [0.4, 0.5) is 5.82 Å². The van der Waals surface area contributed by atoms with Crippen molar-refractivity contribution in [2.75, 3.05) is 5.73 Å². The zero-order valence-electron chi connectivity index (χ0n) is 9.66. The molecule has 0 unspecified atom stereocenters. The molecule has 2 N–H and O–H groups in total. The lowest BCUT2D eigenvalue weighted by atomic mass is 10.2. The molecule has 0 amide bonds. The third-order valence-electron chi connectivity index (χ3n) is 1.71. The van der Waals surface area contributed by atoms with Crippen molar-refractivity contribution in [1.82, 2.24) is 9.78 Å². The highest BCUT2D eigenvalue weighted by molar-refractivity contribution is 6.32. The molecule has 0 atom stereocenters. The first-order valence-corrected chi connectivity index (χ1v) is 5.36. The number of nitrogens with zero attached hydrogens (tertiary/aromatic N) is 2. The highest BCUT2D eigenvalue weighted by Crippen LogP contribution is 2.15. The molecule has 0 aliphatic heterocycles. The summed E-state index contributed by atoms with van der Waals surface area (Å²) in [7, 11) is 0. The molecule has 6 heteroatoms. The molecule has 0 aliphatic carbocycles. The Morgan fingerprint density at radius 3 is 2.69 bits per heavy atom. The fourth-order valence-electron chi connectivity index (χ4n) is 1.12. The number of carbonyl (C=O) groups is 1. The van der Waals surface area contributed by atoms with Crippen LogP contribution < -0.4 is 5.73 Å². The van der Waals surface area contributed by atoms with Crippen molar-refractivity contribution in [1.29, 1.82) is 0 Å². The number of halogens is 1. The second-order valence-electron chi connectivity index (χ2n) is 4.46. The van der Waals surface area contributed by atoms with E-state index in [4.69, 9.17) is 22.1 Å². The van der Waals surface area contributed by atoms with Crippen molar-refractivity contribution >= 4 is 23.4 Å². The maximum absolute atomic E-state index is 11.4. The zero-order chi connectivity index (χ0) is 12.3. The zero-order valence-corrected chi connectivity index (χ0v) is 10.4. The van der Waals surface area contributed by atoms with E-state index in [-0.39, 0.29) is 18.2 Å². The Hall–Kier alpha value is -1.23. The van der Waals surface area contributed by atoms with Crippen LogP contribution in [0.1, 0.15) is 27.2 Å². The SMILES string of the molecule is CC(C)(C)OC(=O)CCn1cc(Cl)c(N)n1. The van der Waals surface area contributed by atoms with Crippen molar-refractivity contribution < 1.29 is 9.53 Å². The number of hydrogen-bond acceptors (Lipinski definition) is 4. The number of nitrogen functional groups attached to an aromatic ring is 1. The van der Waals surface area contributed by atoms with E-state index in [9.17, 15) is 4.79 Å². The number of ether oxygens (including phenoxy) is 1. The molecule has 0 radical (unpaired) electrons. The van der Waals surface area contributed by atoms with Crippen LogP contribution in [-0.4, -0.2) is 21.4 Å². The van der Waals surface area contributed by atoms with Crippen LogP contribution >= 0.6 is 11.6 Å². The molecule has 1 rings (SSSR count). The van der Waals surface area contributed by atoms with Gasteiger partial charge < -0.3 is 10.5 Å². The molecule has 90 valence electrons. The molecule has 0 spiro atoms. The van der Waals surface area contributed by atoms with Crippen molar-refractivity contribution in [2.24, 2.45) is 0 Å². The van der Waals surface area contributed by atoms with Gasteiger partial charge in [0.1, 0.15) is 10.6 Å². The van der Waals surface area contributed by atoms with E-state index in [0.717, 1.165) is 0 Å². The van der Waals surface area contributed by atoms with Gasteiger partial charge in [0, 0.05) is 6.20 Å². The summed E-state index contributed by atoms with van der Waals surface area (Å²) in [6.45, 7) is 5.89. The summed E-state index contributed by atoms with van der Waals surface area (Å²) in [6, 6.07) is 0. The molecular formula is C10H16ClN3O2. The van der Waals surface area contributed by atoms with Gasteiger partial charge in [0.2, 0.25) is 0 Å². The molecule has 1 heterocycles. The smallest absolute Gasteiger partial charge is 0.308 e. The first kappa shape index (κ1) is 12.8. The third-order valence-corrected chi connectivity index (χ3v) is 2.00. The van der Waals surface area contributed by atoms with Gasteiger partial charge in [-0.25, -0.2) is 0 Å². The van der Waals surface area contributed by atoms with Crippen LogP contribution in [0.25, 0.3) is 0 Å². The number of aromatic nitrogens is 2. The van der Waals surface area contributed by atoms with Gasteiger partial charge in [-0.2, -0.15) is 5.10 Å². The van der Waals surface area contributed by atoms with Crippen molar-refractivity contribution in [3.8, 4) is 0 Å². The van der Waals surface area contributed by atoms with E-state index < -0.39 is 5.60 Å². The maximum atomic E-state index is 11.4. The van der Waals surface area contributed by atoms with Crippen LogP contribution in [0, 0.1) is 0 Å². The molecule has 0 saturated carbocycles. The van der Waals surface area contributed by atoms with Gasteiger partial charge in [0.25, 0.3) is 0 Å². The van der Waals surface area contributed by atoms with Gasteiger partial charge in [0.15, 0.2) is 5.82 Å². The fourth-order valence-corrected chi connectivity index (χ4v) is 1.28. The highest BCUT2D eigenvalue weighted by Gasteiger charge is 2.16. The standard InChI is InChI=1S/C10H16ClN3O2/c1-10(2,3)16-8(15)4-5-14-6-7(11)9(12)13-14/h6H,4-5H2,1-3H3,(H2,12,13). The Bertz CT molecular complexity index is 362. The molecule has 0 bridgehead atoms. The van der Waals surface area contributed by atoms with Gasteiger partial charge in [-0.3, -0.25) is 9.48 Å². The number of rotatable bonds is 3. The predicted octanol–water partition coefficient (Wildman–Crippen LogP) is 1.85. The van der Waals surface area contributed by atoms with Gasteiger partial charge in [0.05, 0.1) is 13.0 Å². The van der Waals surface area contributed by atoms with E-state index in [2.05, 4.69) is 5.10 Å². The summed E-state index contributed by atoms with van der Waals surface area (Å²) in [5, 5.41) is 4.33. The first-order chi connectivity index (χ1) is 7.28. The second-order valence-corrected chi connectivity index (χ2v) is 4.87. The number of esters is 1. The van der Waals surface area contributed by atoms with Crippen molar-refractivity contribution in [3.63, 3.8) is 0 Å². The topological polar surface area (TPSA) is 70.1 Å². The van der Waals surface area contributed by atoms with Gasteiger partial charge in [-0.15, -0.1) is 0 Å². The highest BCUT2D eigenvalue weighted by atomic mass is 35.5. The molecule has 0 saturated heterocycles. The number of nitrogens with two attached hydrogens (primary N) is 1. The number of carbonyl (C=O) groups excluding carboxylic acids is 1. The predicted molar refractivity (Wildman–Crippen MR) is 62.1 cm³/mol. The Morgan fingerprint density at radius 2 is 2.25 bits per heavy atom. The van der Waals surface area contributed by atoms with Gasteiger partial charge in [-0.1, -0.05) is 11.6 Å². The largest absolute Gasteiger partial charge is 0.460 e. The number of hydrogen-bond donors (Lipinski definition) is 1. The molecule has 5 nitrogen and oxygen atoms in total. The van der Waals surface area contributed by atoms with E-state index in [1.165, 1.54) is 4.68 Å². The summed E-state index contributed by atoms with van der Waals surface area (Å²) in [6.07, 6.45) is 1.83. The molecule has 1 aromatic rings. The van der Waals surface area contributed by atoms with E-state index in [1.807, 2.05) is 20.8 Å². The van der Waals surface area contributed by atoms with Crippen LogP contribution in [0.2, 0.25) is 5.02 Å². The molecule has 16 heavy (non-hydrogen) atoms. The van der Waals surface area contributed by atoms with Gasteiger partial charge >= 0.3 is 5.97 Å². The monoisotopic (exact) mass is 245 g/mol. The Morgan fingerprint density at radius 1 is 1.62 bits per heavy atom. The lowest BCUT2D eigenvalue weighted by molar-refractivity contribution is -0.155. The molecule has 0 fully saturated rings. The fraction of sp³-hybridized carbons (Fsp3) is 0.600. The van der Waals surface area contributed by atoms with Crippen LogP contribution in [0.15, 0.2) is 6.20 Å². The Kier molecular flexibility index (Phi) is 3.80. The Labute approximate surface area is 99.5 Å². The summed E-state index contributed by atoms with van der Waals surface area (Å²) in [4.78, 5) is 11.4. The molecule has 0 aromatic carbocycles. The van der Waals surface area contributed by atoms with Crippen LogP contribution in [-0.2, 0) is 16.1 Å². The summed E-state index contributed by atoms with van der Waals surface area (Å²) in [5.74, 6) is 0.00329. The average molecular weight is 246 g/mol. The average Bonchev–Trinajstić information content (AvgIpc) is 2.40. The quantitative estimate of drug-likeness (QED) is 0.825. The molecule has 1 aromatic heterocycles. The summed E-state index contributed by atoms with van der Waals surface area (Å²) < 4.78 is 6.68. The lowest BCUT2D eigenvalue weighted by Gasteiger charge is -2.19. The first-order valence-electron chi connectivity index (χ1n) is 4.98. The summed E-state index contributed by atoms with van der Waals surface area (Å²) in [5.41, 5.74) is 5.01. The minimum absolute atomic E-state index is 0.245. The number of aryl methyl sites for hydroxylation is 1. The minimum Gasteiger partial charge on any atom is -0.460 e. The third kappa shape index (κ3) is 4.10. The maximum Gasteiger partial charge on any atom is 0.308 e. The second kappa shape index (κ2) is 4.74. The Balaban J connectivity index is 2.43. The van der Waals surface area contributed by atoms with Crippen molar-refractivity contribution in [3.05, 3.63) is 11.2 Å². The van der Waals surface area contributed by atoms with Gasteiger partial charge in [-0.05, 0) is 20.8 Å². The van der Waals surface area contributed by atoms with Crippen molar-refractivity contribution in [2.45, 2.75) is 39.3 Å². The van der Waals surface area contributed by atoms with E-state index in [1.54, 1.807) is 6.20 Å². The lowest BCUT2D eigenvalue weighted by Crippen LogP contribution is -2.24. The normalized spacial score (nSPS) is 11.5. The summed E-state index contributed by atoms with van der Waals surface area (Å²) >= 11 is 5.73. The van der Waals surface area contributed by atoms with Crippen LogP contribution in [0.5, 0.6) is 0 Å². The molecular weight excluding hydrogens is 230 g/mol. The minimum atomic E-state index is -0.460. The van der Waals surface area contributed by atoms with E-state index >= 15 is 0 Å².